The van der Waals surface area contributed by atoms with Gasteiger partial charge in [-0.25, -0.2) is 0 Å². The SMILES string of the molecule is BrCc1ccccc1.N#Cc1ccc(O)cc1.N#Cc1ccc(OCc2ccccc2)cc1. The Morgan fingerprint density at radius 3 is 1.52 bits per heavy atom. The van der Waals surface area contributed by atoms with Crippen LogP contribution in [0.1, 0.15) is 22.3 Å². The number of halogens is 1. The fourth-order valence-electron chi connectivity index (χ4n) is 2.47. The van der Waals surface area contributed by atoms with Gasteiger partial charge in [0.1, 0.15) is 18.1 Å². The highest BCUT2D eigenvalue weighted by molar-refractivity contribution is 9.08. The minimum atomic E-state index is 0.189. The number of alkyl halides is 1. The van der Waals surface area contributed by atoms with E-state index in [-0.39, 0.29) is 5.75 Å². The Balaban J connectivity index is 0.000000192. The average molecular weight is 499 g/mol. The Bertz CT molecular complexity index is 1150. The lowest BCUT2D eigenvalue weighted by atomic mass is 10.2. The van der Waals surface area contributed by atoms with Crippen molar-refractivity contribution in [1.82, 2.24) is 0 Å². The molecule has 1 N–H and O–H groups in total. The predicted molar refractivity (Wildman–Crippen MR) is 134 cm³/mol. The molecule has 0 spiro atoms. The van der Waals surface area contributed by atoms with Crippen LogP contribution in [0.5, 0.6) is 11.5 Å². The first-order valence-electron chi connectivity index (χ1n) is 10.1. The molecule has 0 heterocycles. The van der Waals surface area contributed by atoms with Crippen LogP contribution >= 0.6 is 15.9 Å². The summed E-state index contributed by atoms with van der Waals surface area (Å²) in [6, 6.07) is 37.5. The Hall–Kier alpha value is -4.06. The van der Waals surface area contributed by atoms with Crippen LogP contribution in [0.2, 0.25) is 0 Å². The van der Waals surface area contributed by atoms with Crippen molar-refractivity contribution in [2.45, 2.75) is 11.9 Å². The molecule has 33 heavy (non-hydrogen) atoms. The zero-order valence-corrected chi connectivity index (χ0v) is 19.5. The van der Waals surface area contributed by atoms with Gasteiger partial charge in [0, 0.05) is 5.33 Å². The molecule has 0 saturated heterocycles. The molecule has 4 nitrogen and oxygen atoms in total. The van der Waals surface area contributed by atoms with Crippen LogP contribution in [0.25, 0.3) is 0 Å². The zero-order valence-electron chi connectivity index (χ0n) is 17.9. The molecule has 0 unspecified atom stereocenters. The molecule has 0 fully saturated rings. The van der Waals surface area contributed by atoms with E-state index in [4.69, 9.17) is 20.4 Å². The molecule has 0 bridgehead atoms. The summed E-state index contributed by atoms with van der Waals surface area (Å²) in [4.78, 5) is 0. The van der Waals surface area contributed by atoms with E-state index in [0.717, 1.165) is 16.6 Å². The van der Waals surface area contributed by atoms with E-state index in [0.29, 0.717) is 17.7 Å². The number of nitriles is 2. The molecule has 0 amide bonds. The summed E-state index contributed by atoms with van der Waals surface area (Å²) in [6.07, 6.45) is 0. The molecule has 4 rings (SSSR count). The number of rotatable bonds is 4. The summed E-state index contributed by atoms with van der Waals surface area (Å²) < 4.78 is 5.58. The van der Waals surface area contributed by atoms with Gasteiger partial charge in [-0.3, -0.25) is 0 Å². The summed E-state index contributed by atoms with van der Waals surface area (Å²) in [7, 11) is 0. The molecule has 0 saturated carbocycles. The molecule has 0 aliphatic heterocycles. The molecule has 0 aliphatic rings. The number of nitrogens with zero attached hydrogens (tertiary/aromatic N) is 2. The van der Waals surface area contributed by atoms with Crippen molar-refractivity contribution in [3.63, 3.8) is 0 Å². The standard InChI is InChI=1S/C14H11NO.C7H7Br.C7H5NO/c15-10-12-6-8-14(9-7-12)16-11-13-4-2-1-3-5-13;8-6-7-4-2-1-3-5-7;8-5-6-1-3-7(9)4-2-6/h1-9H,11H2;1-5H,6H2;1-4,9H. The maximum absolute atomic E-state index is 8.74. The number of hydrogen-bond donors (Lipinski definition) is 1. The van der Waals surface area contributed by atoms with Gasteiger partial charge in [0.25, 0.3) is 0 Å². The van der Waals surface area contributed by atoms with Crippen molar-refractivity contribution in [2.24, 2.45) is 0 Å². The highest BCUT2D eigenvalue weighted by Crippen LogP contribution is 2.13. The van der Waals surface area contributed by atoms with E-state index in [1.807, 2.05) is 66.7 Å². The van der Waals surface area contributed by atoms with Crippen molar-refractivity contribution in [3.8, 4) is 23.6 Å². The first kappa shape index (κ1) is 25.2. The van der Waals surface area contributed by atoms with Gasteiger partial charge < -0.3 is 9.84 Å². The molecular formula is C28H23BrN2O2. The van der Waals surface area contributed by atoms with Crippen LogP contribution in [-0.4, -0.2) is 5.11 Å². The molecule has 0 aliphatic carbocycles. The third-order valence-corrected chi connectivity index (χ3v) is 4.87. The smallest absolute Gasteiger partial charge is 0.119 e. The third-order valence-electron chi connectivity index (χ3n) is 4.23. The monoisotopic (exact) mass is 498 g/mol. The predicted octanol–water partition coefficient (Wildman–Crippen LogP) is 6.98. The van der Waals surface area contributed by atoms with E-state index < -0.39 is 0 Å². The van der Waals surface area contributed by atoms with E-state index >= 15 is 0 Å². The Kier molecular flexibility index (Phi) is 11.3. The molecular weight excluding hydrogens is 476 g/mol. The number of phenols is 1. The maximum atomic E-state index is 8.74. The van der Waals surface area contributed by atoms with E-state index in [2.05, 4.69) is 34.1 Å². The third kappa shape index (κ3) is 10.2. The number of benzene rings is 4. The minimum Gasteiger partial charge on any atom is -0.508 e. The van der Waals surface area contributed by atoms with E-state index in [1.165, 1.54) is 17.7 Å². The number of phenolic OH excluding ortho intramolecular Hbond substituents is 1. The number of hydrogen-bond acceptors (Lipinski definition) is 4. The lowest BCUT2D eigenvalue weighted by Crippen LogP contribution is -1.94. The van der Waals surface area contributed by atoms with Gasteiger partial charge in [-0.1, -0.05) is 76.6 Å². The molecule has 0 atom stereocenters. The van der Waals surface area contributed by atoms with Gasteiger partial charge in [0.05, 0.1) is 23.3 Å². The molecule has 4 aromatic carbocycles. The van der Waals surface area contributed by atoms with Crippen molar-refractivity contribution >= 4 is 15.9 Å². The molecule has 4 aromatic rings. The van der Waals surface area contributed by atoms with Crippen molar-refractivity contribution in [3.05, 3.63) is 131 Å². The zero-order chi connectivity index (χ0) is 23.7. The second-order valence-corrected chi connectivity index (χ2v) is 7.25. The first-order chi connectivity index (χ1) is 16.1. The summed E-state index contributed by atoms with van der Waals surface area (Å²) in [6.45, 7) is 0.548. The Morgan fingerprint density at radius 2 is 1.09 bits per heavy atom. The lowest BCUT2D eigenvalue weighted by molar-refractivity contribution is 0.306. The van der Waals surface area contributed by atoms with Gasteiger partial charge in [-0.2, -0.15) is 10.5 Å². The van der Waals surface area contributed by atoms with Gasteiger partial charge >= 0.3 is 0 Å². The quantitative estimate of drug-likeness (QED) is 0.307. The molecule has 164 valence electrons. The average Bonchev–Trinajstić information content (AvgIpc) is 2.90. The highest BCUT2D eigenvalue weighted by Gasteiger charge is 1.95. The van der Waals surface area contributed by atoms with Crippen LogP contribution < -0.4 is 4.74 Å². The van der Waals surface area contributed by atoms with E-state index in [9.17, 15) is 0 Å². The van der Waals surface area contributed by atoms with Crippen LogP contribution in [-0.2, 0) is 11.9 Å². The minimum absolute atomic E-state index is 0.189. The van der Waals surface area contributed by atoms with E-state index in [1.54, 1.807) is 24.3 Å². The lowest BCUT2D eigenvalue weighted by Gasteiger charge is -2.05. The van der Waals surface area contributed by atoms with Crippen molar-refractivity contribution < 1.29 is 9.84 Å². The number of ether oxygens (including phenoxy) is 1. The van der Waals surface area contributed by atoms with Crippen LogP contribution in [0.4, 0.5) is 0 Å². The topological polar surface area (TPSA) is 77.0 Å². The summed E-state index contributed by atoms with van der Waals surface area (Å²) >= 11 is 3.36. The molecule has 0 aromatic heterocycles. The van der Waals surface area contributed by atoms with Gasteiger partial charge in [0.2, 0.25) is 0 Å². The number of aromatic hydroxyl groups is 1. The first-order valence-corrected chi connectivity index (χ1v) is 11.2. The molecule has 5 heteroatoms. The Morgan fingerprint density at radius 1 is 0.636 bits per heavy atom. The fourth-order valence-corrected chi connectivity index (χ4v) is 2.84. The fraction of sp³-hybridized carbons (Fsp3) is 0.0714. The Labute approximate surface area is 203 Å². The maximum Gasteiger partial charge on any atom is 0.119 e. The van der Waals surface area contributed by atoms with Gasteiger partial charge in [-0.05, 0) is 59.7 Å². The summed E-state index contributed by atoms with van der Waals surface area (Å²) in [5.41, 5.74) is 3.67. The normalized spacial score (nSPS) is 9.06. The largest absolute Gasteiger partial charge is 0.508 e. The summed E-state index contributed by atoms with van der Waals surface area (Å²) in [5.74, 6) is 0.969. The molecule has 0 radical (unpaired) electrons. The summed E-state index contributed by atoms with van der Waals surface area (Å²) in [5, 5.41) is 26.6. The van der Waals surface area contributed by atoms with Crippen LogP contribution in [0.3, 0.4) is 0 Å². The highest BCUT2D eigenvalue weighted by atomic mass is 79.9. The second kappa shape index (κ2) is 14.9. The van der Waals surface area contributed by atoms with Crippen LogP contribution in [0.15, 0.2) is 109 Å². The van der Waals surface area contributed by atoms with Crippen molar-refractivity contribution in [1.29, 1.82) is 10.5 Å². The van der Waals surface area contributed by atoms with Crippen molar-refractivity contribution in [2.75, 3.05) is 0 Å². The van der Waals surface area contributed by atoms with Gasteiger partial charge in [-0.15, -0.1) is 0 Å². The van der Waals surface area contributed by atoms with Gasteiger partial charge in [0.15, 0.2) is 0 Å². The van der Waals surface area contributed by atoms with Crippen LogP contribution in [0, 0.1) is 22.7 Å². The second-order valence-electron chi connectivity index (χ2n) is 6.69.